The third-order valence-electron chi connectivity index (χ3n) is 3.31. The Morgan fingerprint density at radius 3 is 2.79 bits per heavy atom. The van der Waals surface area contributed by atoms with E-state index in [1.165, 1.54) is 0 Å². The van der Waals surface area contributed by atoms with Crippen molar-refractivity contribution in [2.45, 2.75) is 12.0 Å². The van der Waals surface area contributed by atoms with Crippen molar-refractivity contribution >= 4 is 11.6 Å². The highest BCUT2D eigenvalue weighted by molar-refractivity contribution is 6.30. The van der Waals surface area contributed by atoms with E-state index in [1.807, 2.05) is 31.3 Å². The van der Waals surface area contributed by atoms with Crippen molar-refractivity contribution in [3.05, 3.63) is 35.2 Å². The highest BCUT2D eigenvalue weighted by atomic mass is 35.5. The molecule has 0 spiro atoms. The van der Waals surface area contributed by atoms with Crippen molar-refractivity contribution in [1.82, 2.24) is 15.5 Å². The van der Waals surface area contributed by atoms with Crippen LogP contribution in [0.5, 0.6) is 0 Å². The average Bonchev–Trinajstić information content (AvgIpc) is 3.07. The van der Waals surface area contributed by atoms with Gasteiger partial charge in [-0.15, -0.1) is 0 Å². The van der Waals surface area contributed by atoms with E-state index in [4.69, 9.17) is 20.9 Å². The van der Waals surface area contributed by atoms with Crippen molar-refractivity contribution in [3.63, 3.8) is 0 Å². The number of hydrogen-bond donors (Lipinski definition) is 1. The van der Waals surface area contributed by atoms with Crippen LogP contribution in [0.15, 0.2) is 28.8 Å². The Balaban J connectivity index is 1.85. The summed E-state index contributed by atoms with van der Waals surface area (Å²) < 4.78 is 10.8. The minimum absolute atomic E-state index is 0.110. The fraction of sp³-hybridized carbons (Fsp3) is 0.385. The van der Waals surface area contributed by atoms with E-state index in [9.17, 15) is 0 Å². The molecule has 0 saturated carbocycles. The van der Waals surface area contributed by atoms with E-state index in [-0.39, 0.29) is 12.0 Å². The second kappa shape index (κ2) is 5.28. The molecule has 5 nitrogen and oxygen atoms in total. The van der Waals surface area contributed by atoms with Crippen LogP contribution in [0.2, 0.25) is 5.02 Å². The molecule has 1 N–H and O–H groups in total. The molecule has 1 aromatic heterocycles. The first-order valence-corrected chi connectivity index (χ1v) is 6.50. The third-order valence-corrected chi connectivity index (χ3v) is 3.56. The molecule has 1 aliphatic heterocycles. The molecule has 2 unspecified atom stereocenters. The summed E-state index contributed by atoms with van der Waals surface area (Å²) in [6.07, 6.45) is 0. The zero-order valence-electron chi connectivity index (χ0n) is 10.5. The van der Waals surface area contributed by atoms with Gasteiger partial charge in [0.2, 0.25) is 11.7 Å². The van der Waals surface area contributed by atoms with Gasteiger partial charge in [0.05, 0.1) is 19.1 Å². The predicted octanol–water partition coefficient (Wildman–Crippen LogP) is 2.09. The van der Waals surface area contributed by atoms with Crippen LogP contribution in [0.3, 0.4) is 0 Å². The van der Waals surface area contributed by atoms with Gasteiger partial charge in [-0.1, -0.05) is 16.8 Å². The summed E-state index contributed by atoms with van der Waals surface area (Å²) in [6.45, 7) is 1.27. The Morgan fingerprint density at radius 2 is 2.05 bits per heavy atom. The molecule has 1 fully saturated rings. The number of benzene rings is 1. The number of likely N-dealkylation sites (N-methyl/N-ethyl adjacent to an activating group) is 1. The first-order chi connectivity index (χ1) is 9.28. The van der Waals surface area contributed by atoms with Crippen LogP contribution in [0.4, 0.5) is 0 Å². The van der Waals surface area contributed by atoms with Crippen LogP contribution in [-0.2, 0) is 4.74 Å². The molecule has 2 heterocycles. The van der Waals surface area contributed by atoms with E-state index in [0.29, 0.717) is 30.0 Å². The second-order valence-corrected chi connectivity index (χ2v) is 4.94. The van der Waals surface area contributed by atoms with E-state index in [1.54, 1.807) is 0 Å². The van der Waals surface area contributed by atoms with Crippen molar-refractivity contribution in [1.29, 1.82) is 0 Å². The summed E-state index contributed by atoms with van der Waals surface area (Å²) in [5.41, 5.74) is 0.888. The van der Waals surface area contributed by atoms with Gasteiger partial charge in [-0.25, -0.2) is 0 Å². The Bertz CT molecular complexity index is 555. The first-order valence-electron chi connectivity index (χ1n) is 6.12. The molecular formula is C13H14ClN3O2. The van der Waals surface area contributed by atoms with Crippen LogP contribution < -0.4 is 5.32 Å². The summed E-state index contributed by atoms with van der Waals surface area (Å²) in [7, 11) is 1.91. The maximum Gasteiger partial charge on any atom is 0.234 e. The van der Waals surface area contributed by atoms with Crippen molar-refractivity contribution in [3.8, 4) is 11.4 Å². The predicted molar refractivity (Wildman–Crippen MR) is 71.2 cm³/mol. The van der Waals surface area contributed by atoms with E-state index >= 15 is 0 Å². The lowest BCUT2D eigenvalue weighted by atomic mass is 10.0. The summed E-state index contributed by atoms with van der Waals surface area (Å²) >= 11 is 5.86. The molecule has 0 bridgehead atoms. The average molecular weight is 280 g/mol. The molecule has 1 aliphatic rings. The Morgan fingerprint density at radius 1 is 1.26 bits per heavy atom. The number of nitrogens with zero attached hydrogens (tertiary/aromatic N) is 2. The lowest BCUT2D eigenvalue weighted by Crippen LogP contribution is -2.31. The van der Waals surface area contributed by atoms with Crippen molar-refractivity contribution in [2.24, 2.45) is 0 Å². The van der Waals surface area contributed by atoms with Gasteiger partial charge in [0.25, 0.3) is 0 Å². The molecule has 100 valence electrons. The van der Waals surface area contributed by atoms with Gasteiger partial charge in [-0.3, -0.25) is 0 Å². The quantitative estimate of drug-likeness (QED) is 0.932. The Labute approximate surface area is 115 Å². The van der Waals surface area contributed by atoms with Crippen molar-refractivity contribution in [2.75, 3.05) is 20.3 Å². The first kappa shape index (κ1) is 12.6. The largest absolute Gasteiger partial charge is 0.379 e. The standard InChI is InChI=1S/C13H14ClN3O2/c1-15-11-7-18-6-10(11)13-16-12(17-19-13)8-2-4-9(14)5-3-8/h2-5,10-11,15H,6-7H2,1H3. The summed E-state index contributed by atoms with van der Waals surface area (Å²) in [5, 5.41) is 7.90. The number of nitrogens with one attached hydrogen (secondary N) is 1. The van der Waals surface area contributed by atoms with Gasteiger partial charge in [0.15, 0.2) is 0 Å². The van der Waals surface area contributed by atoms with Gasteiger partial charge in [0.1, 0.15) is 0 Å². The molecule has 0 radical (unpaired) electrons. The van der Waals surface area contributed by atoms with Gasteiger partial charge in [-0.05, 0) is 31.3 Å². The molecule has 1 aromatic carbocycles. The Hall–Kier alpha value is -1.43. The minimum Gasteiger partial charge on any atom is -0.379 e. The summed E-state index contributed by atoms with van der Waals surface area (Å²) in [4.78, 5) is 4.45. The number of hydrogen-bond acceptors (Lipinski definition) is 5. The molecule has 2 atom stereocenters. The third kappa shape index (κ3) is 2.49. The Kier molecular flexibility index (Phi) is 3.50. The smallest absolute Gasteiger partial charge is 0.234 e. The van der Waals surface area contributed by atoms with Crippen LogP contribution in [0.25, 0.3) is 11.4 Å². The molecule has 0 amide bonds. The topological polar surface area (TPSA) is 60.2 Å². The van der Waals surface area contributed by atoms with Crippen LogP contribution in [0, 0.1) is 0 Å². The highest BCUT2D eigenvalue weighted by Gasteiger charge is 2.33. The van der Waals surface area contributed by atoms with Crippen LogP contribution in [0.1, 0.15) is 11.8 Å². The molecular weight excluding hydrogens is 266 g/mol. The SMILES string of the molecule is CNC1COCC1c1nc(-c2ccc(Cl)cc2)no1. The maximum absolute atomic E-state index is 5.86. The molecule has 3 rings (SSSR count). The van der Waals surface area contributed by atoms with Gasteiger partial charge < -0.3 is 14.6 Å². The monoisotopic (exact) mass is 279 g/mol. The minimum atomic E-state index is 0.110. The number of aromatic nitrogens is 2. The zero-order valence-corrected chi connectivity index (χ0v) is 11.2. The number of ether oxygens (including phenoxy) is 1. The molecule has 1 saturated heterocycles. The van der Waals surface area contributed by atoms with E-state index < -0.39 is 0 Å². The lowest BCUT2D eigenvalue weighted by Gasteiger charge is -2.11. The summed E-state index contributed by atoms with van der Waals surface area (Å²) in [6, 6.07) is 7.58. The molecule has 0 aliphatic carbocycles. The molecule has 2 aromatic rings. The fourth-order valence-electron chi connectivity index (χ4n) is 2.18. The second-order valence-electron chi connectivity index (χ2n) is 4.50. The van der Waals surface area contributed by atoms with Crippen LogP contribution >= 0.6 is 11.6 Å². The van der Waals surface area contributed by atoms with Gasteiger partial charge in [-0.2, -0.15) is 4.98 Å². The fourth-order valence-corrected chi connectivity index (χ4v) is 2.31. The number of halogens is 1. The van der Waals surface area contributed by atoms with Gasteiger partial charge >= 0.3 is 0 Å². The lowest BCUT2D eigenvalue weighted by molar-refractivity contribution is 0.185. The molecule has 19 heavy (non-hydrogen) atoms. The van der Waals surface area contributed by atoms with E-state index in [2.05, 4.69) is 15.5 Å². The number of rotatable bonds is 3. The summed E-state index contributed by atoms with van der Waals surface area (Å²) in [5.74, 6) is 1.30. The van der Waals surface area contributed by atoms with Crippen molar-refractivity contribution < 1.29 is 9.26 Å². The zero-order chi connectivity index (χ0) is 13.2. The van der Waals surface area contributed by atoms with E-state index in [0.717, 1.165) is 5.56 Å². The normalized spacial score (nSPS) is 22.8. The molecule has 6 heteroatoms. The van der Waals surface area contributed by atoms with Gasteiger partial charge in [0, 0.05) is 16.6 Å². The highest BCUT2D eigenvalue weighted by Crippen LogP contribution is 2.26. The maximum atomic E-state index is 5.86. The van der Waals surface area contributed by atoms with Crippen LogP contribution in [-0.4, -0.2) is 36.4 Å².